The van der Waals surface area contributed by atoms with Gasteiger partial charge < -0.3 is 5.32 Å². The first-order chi connectivity index (χ1) is 13.9. The molecule has 0 spiro atoms. The zero-order valence-corrected chi connectivity index (χ0v) is 19.1. The summed E-state index contributed by atoms with van der Waals surface area (Å²) in [6.45, 7) is 6.08. The standard InChI is InChI=1S/C22H23BrN4OS/c1-14-4-5-15(2)19(12-14)27-16(3)25-26-21(27)29-13-20(28)24-22(10-11-22)17-6-8-18(23)9-7-17/h4-9,12H,10-11,13H2,1-3H3,(H,24,28). The minimum atomic E-state index is -0.213. The summed E-state index contributed by atoms with van der Waals surface area (Å²) in [5.41, 5.74) is 4.33. The fourth-order valence-electron chi connectivity index (χ4n) is 3.49. The minimum absolute atomic E-state index is 0.0172. The van der Waals surface area contributed by atoms with Crippen LogP contribution in [0.1, 0.15) is 35.4 Å². The number of carbonyl (C=O) groups is 1. The highest BCUT2D eigenvalue weighted by Crippen LogP contribution is 2.45. The van der Waals surface area contributed by atoms with Crippen LogP contribution in [0.25, 0.3) is 5.69 Å². The molecule has 0 saturated heterocycles. The van der Waals surface area contributed by atoms with Crippen LogP contribution in [-0.4, -0.2) is 26.4 Å². The summed E-state index contributed by atoms with van der Waals surface area (Å²) in [5.74, 6) is 1.14. The van der Waals surface area contributed by atoms with E-state index in [4.69, 9.17) is 0 Å². The molecular weight excluding hydrogens is 448 g/mol. The summed E-state index contributed by atoms with van der Waals surface area (Å²) in [6.07, 6.45) is 1.95. The van der Waals surface area contributed by atoms with Crippen LogP contribution in [0.15, 0.2) is 52.1 Å². The average molecular weight is 471 g/mol. The number of rotatable bonds is 6. The van der Waals surface area contributed by atoms with Crippen molar-refractivity contribution in [3.63, 3.8) is 0 Å². The Morgan fingerprint density at radius 3 is 2.55 bits per heavy atom. The number of hydrogen-bond acceptors (Lipinski definition) is 4. The van der Waals surface area contributed by atoms with Gasteiger partial charge in [-0.2, -0.15) is 0 Å². The lowest BCUT2D eigenvalue weighted by Gasteiger charge is -2.18. The van der Waals surface area contributed by atoms with Crippen molar-refractivity contribution in [3.8, 4) is 5.69 Å². The molecule has 1 aliphatic rings. The molecule has 1 heterocycles. The number of aryl methyl sites for hydroxylation is 3. The lowest BCUT2D eigenvalue weighted by molar-refractivity contribution is -0.119. The molecule has 0 aliphatic heterocycles. The fraction of sp³-hybridized carbons (Fsp3) is 0.318. The van der Waals surface area contributed by atoms with Crippen LogP contribution >= 0.6 is 27.7 Å². The van der Waals surface area contributed by atoms with Gasteiger partial charge in [-0.15, -0.1) is 10.2 Å². The van der Waals surface area contributed by atoms with E-state index in [1.54, 1.807) is 0 Å². The van der Waals surface area contributed by atoms with Gasteiger partial charge >= 0.3 is 0 Å². The van der Waals surface area contributed by atoms with Crippen LogP contribution in [0.2, 0.25) is 0 Å². The molecule has 0 bridgehead atoms. The number of nitrogens with zero attached hydrogens (tertiary/aromatic N) is 3. The largest absolute Gasteiger partial charge is 0.346 e. The van der Waals surface area contributed by atoms with Crippen molar-refractivity contribution in [2.75, 3.05) is 5.75 Å². The molecule has 150 valence electrons. The lowest BCUT2D eigenvalue weighted by Crippen LogP contribution is -2.36. The molecule has 2 aromatic carbocycles. The van der Waals surface area contributed by atoms with Gasteiger partial charge in [0.05, 0.1) is 17.0 Å². The quantitative estimate of drug-likeness (QED) is 0.522. The third-order valence-electron chi connectivity index (χ3n) is 5.26. The number of benzene rings is 2. The van der Waals surface area contributed by atoms with Gasteiger partial charge in [0.1, 0.15) is 5.82 Å². The molecule has 1 amide bonds. The van der Waals surface area contributed by atoms with Crippen molar-refractivity contribution in [1.29, 1.82) is 0 Å². The van der Waals surface area contributed by atoms with Crippen molar-refractivity contribution in [1.82, 2.24) is 20.1 Å². The number of nitrogens with one attached hydrogen (secondary N) is 1. The van der Waals surface area contributed by atoms with E-state index in [1.807, 2.05) is 23.6 Å². The first-order valence-corrected chi connectivity index (χ1v) is 11.4. The van der Waals surface area contributed by atoms with Gasteiger partial charge in [-0.3, -0.25) is 9.36 Å². The Bertz CT molecular complexity index is 1060. The summed E-state index contributed by atoms with van der Waals surface area (Å²) < 4.78 is 3.07. The van der Waals surface area contributed by atoms with E-state index < -0.39 is 0 Å². The Morgan fingerprint density at radius 1 is 1.14 bits per heavy atom. The second kappa shape index (κ2) is 7.95. The van der Waals surface area contributed by atoms with Gasteiger partial charge in [-0.05, 0) is 68.5 Å². The Kier molecular flexibility index (Phi) is 5.53. The number of halogens is 1. The maximum Gasteiger partial charge on any atom is 0.231 e. The van der Waals surface area contributed by atoms with Crippen LogP contribution in [0.5, 0.6) is 0 Å². The molecule has 1 N–H and O–H groups in total. The Hall–Kier alpha value is -2.12. The second-order valence-corrected chi connectivity index (χ2v) is 9.44. The summed E-state index contributed by atoms with van der Waals surface area (Å²) in [7, 11) is 0. The van der Waals surface area contributed by atoms with E-state index >= 15 is 0 Å². The highest BCUT2D eigenvalue weighted by atomic mass is 79.9. The van der Waals surface area contributed by atoms with Crippen molar-refractivity contribution in [3.05, 3.63) is 69.5 Å². The zero-order valence-electron chi connectivity index (χ0n) is 16.7. The molecule has 29 heavy (non-hydrogen) atoms. The summed E-state index contributed by atoms with van der Waals surface area (Å²) in [5, 5.41) is 12.5. The van der Waals surface area contributed by atoms with Crippen LogP contribution < -0.4 is 5.32 Å². The summed E-state index contributed by atoms with van der Waals surface area (Å²) in [6, 6.07) is 14.5. The van der Waals surface area contributed by atoms with E-state index in [2.05, 4.69) is 75.6 Å². The molecule has 0 unspecified atom stereocenters. The molecule has 1 saturated carbocycles. The molecule has 4 rings (SSSR count). The number of amides is 1. The minimum Gasteiger partial charge on any atom is -0.346 e. The smallest absolute Gasteiger partial charge is 0.231 e. The molecular formula is C22H23BrN4OS. The molecule has 0 radical (unpaired) electrons. The molecule has 1 fully saturated rings. The van der Waals surface area contributed by atoms with Crippen LogP contribution in [-0.2, 0) is 10.3 Å². The monoisotopic (exact) mass is 470 g/mol. The third-order valence-corrected chi connectivity index (χ3v) is 6.72. The Labute approximate surface area is 183 Å². The normalized spacial score (nSPS) is 14.6. The van der Waals surface area contributed by atoms with Crippen LogP contribution in [0, 0.1) is 20.8 Å². The molecule has 5 nitrogen and oxygen atoms in total. The molecule has 7 heteroatoms. The number of thioether (sulfide) groups is 1. The first kappa shape index (κ1) is 20.2. The van der Waals surface area contributed by atoms with E-state index in [0.717, 1.165) is 45.1 Å². The van der Waals surface area contributed by atoms with Crippen molar-refractivity contribution >= 4 is 33.6 Å². The highest BCUT2D eigenvalue weighted by molar-refractivity contribution is 9.10. The van der Waals surface area contributed by atoms with Gasteiger partial charge in [-0.25, -0.2) is 0 Å². The Morgan fingerprint density at radius 2 is 1.86 bits per heavy atom. The molecule has 1 aliphatic carbocycles. The van der Waals surface area contributed by atoms with Gasteiger partial charge in [-0.1, -0.05) is 52.0 Å². The summed E-state index contributed by atoms with van der Waals surface area (Å²) in [4.78, 5) is 12.7. The van der Waals surface area contributed by atoms with E-state index in [0.29, 0.717) is 5.75 Å². The molecule has 3 aromatic rings. The van der Waals surface area contributed by atoms with Gasteiger partial charge in [0.25, 0.3) is 0 Å². The second-order valence-electron chi connectivity index (χ2n) is 7.58. The van der Waals surface area contributed by atoms with E-state index in [-0.39, 0.29) is 11.4 Å². The van der Waals surface area contributed by atoms with E-state index in [1.165, 1.54) is 17.3 Å². The summed E-state index contributed by atoms with van der Waals surface area (Å²) >= 11 is 4.89. The third kappa shape index (κ3) is 4.26. The predicted octanol–water partition coefficient (Wildman–Crippen LogP) is 4.85. The van der Waals surface area contributed by atoms with Gasteiger partial charge in [0.15, 0.2) is 5.16 Å². The molecule has 0 atom stereocenters. The van der Waals surface area contributed by atoms with Crippen LogP contribution in [0.3, 0.4) is 0 Å². The van der Waals surface area contributed by atoms with Crippen LogP contribution in [0.4, 0.5) is 0 Å². The van der Waals surface area contributed by atoms with Crippen molar-refractivity contribution in [2.45, 2.75) is 44.3 Å². The topological polar surface area (TPSA) is 59.8 Å². The van der Waals surface area contributed by atoms with Gasteiger partial charge in [0.2, 0.25) is 5.91 Å². The number of hydrogen-bond donors (Lipinski definition) is 1. The van der Waals surface area contributed by atoms with Crippen molar-refractivity contribution < 1.29 is 4.79 Å². The number of carbonyl (C=O) groups excluding carboxylic acids is 1. The maximum absolute atomic E-state index is 12.7. The maximum atomic E-state index is 12.7. The SMILES string of the molecule is Cc1ccc(C)c(-n2c(C)nnc2SCC(=O)NC2(c3ccc(Br)cc3)CC2)c1. The van der Waals surface area contributed by atoms with Gasteiger partial charge in [0, 0.05) is 4.47 Å². The highest BCUT2D eigenvalue weighted by Gasteiger charge is 2.45. The Balaban J connectivity index is 1.47. The number of aromatic nitrogens is 3. The van der Waals surface area contributed by atoms with Crippen molar-refractivity contribution in [2.24, 2.45) is 0 Å². The fourth-order valence-corrected chi connectivity index (χ4v) is 4.54. The average Bonchev–Trinajstić information content (AvgIpc) is 3.37. The first-order valence-electron chi connectivity index (χ1n) is 9.57. The molecule has 1 aromatic heterocycles. The zero-order chi connectivity index (χ0) is 20.6. The predicted molar refractivity (Wildman–Crippen MR) is 119 cm³/mol. The van der Waals surface area contributed by atoms with E-state index in [9.17, 15) is 4.79 Å². The lowest BCUT2D eigenvalue weighted by atomic mass is 10.1.